The van der Waals surface area contributed by atoms with Gasteiger partial charge in [-0.3, -0.25) is 4.90 Å². The first-order valence-electron chi connectivity index (χ1n) is 12.5. The van der Waals surface area contributed by atoms with Gasteiger partial charge >= 0.3 is 12.1 Å². The summed E-state index contributed by atoms with van der Waals surface area (Å²) < 4.78 is 11.7. The van der Waals surface area contributed by atoms with Gasteiger partial charge in [0, 0.05) is 13.0 Å². The Hall–Kier alpha value is -3.01. The highest BCUT2D eigenvalue weighted by Gasteiger charge is 2.42. The van der Waals surface area contributed by atoms with Crippen molar-refractivity contribution in [3.8, 4) is 6.07 Å². The molecule has 7 heteroatoms. The number of hydrogen-bond acceptors (Lipinski definition) is 6. The number of nitrogens with zero attached hydrogens (tertiary/aromatic N) is 2. The first kappa shape index (κ1) is 26.6. The second kappa shape index (κ2) is 10.7. The van der Waals surface area contributed by atoms with Crippen LogP contribution in [0.5, 0.6) is 0 Å². The molecule has 0 bridgehead atoms. The molecule has 2 aliphatic rings. The summed E-state index contributed by atoms with van der Waals surface area (Å²) in [4.78, 5) is 28.3. The zero-order valence-corrected chi connectivity index (χ0v) is 21.7. The quantitative estimate of drug-likeness (QED) is 0.524. The standard InChI is InChI=1S/C28H38N2O5/c1-17(2)21-12-7-18(3)15-23(21)34-26(32)24-22(31)13-14-30(27(33)35-28(4,5)6)25(24)20-10-8-19(16-29)9-11-20/h8-11,17-18,21,23,25,31H,7,12-15H2,1-6H3/t18-,21+,23-,25-/m1/s1. The average molecular weight is 483 g/mol. The number of carbonyl (C=O) groups is 2. The lowest BCUT2D eigenvalue weighted by atomic mass is 9.75. The topological polar surface area (TPSA) is 99.9 Å². The van der Waals surface area contributed by atoms with Crippen molar-refractivity contribution in [3.63, 3.8) is 0 Å². The highest BCUT2D eigenvalue weighted by Crippen LogP contribution is 2.40. The van der Waals surface area contributed by atoms with Crippen LogP contribution in [0, 0.1) is 29.1 Å². The van der Waals surface area contributed by atoms with E-state index in [1.807, 2.05) is 0 Å². The first-order valence-corrected chi connectivity index (χ1v) is 12.5. The molecule has 3 rings (SSSR count). The number of esters is 1. The molecule has 1 aliphatic heterocycles. The van der Waals surface area contributed by atoms with Crippen molar-refractivity contribution in [3.05, 3.63) is 46.7 Å². The summed E-state index contributed by atoms with van der Waals surface area (Å²) in [5.41, 5.74) is 0.401. The molecule has 7 nitrogen and oxygen atoms in total. The van der Waals surface area contributed by atoms with Gasteiger partial charge in [-0.25, -0.2) is 9.59 Å². The highest BCUT2D eigenvalue weighted by molar-refractivity contribution is 5.92. The Morgan fingerprint density at radius 3 is 2.40 bits per heavy atom. The van der Waals surface area contributed by atoms with Crippen LogP contribution in [0.25, 0.3) is 0 Å². The molecule has 1 N–H and O–H groups in total. The van der Waals surface area contributed by atoms with Crippen molar-refractivity contribution in [1.82, 2.24) is 4.90 Å². The van der Waals surface area contributed by atoms with E-state index in [4.69, 9.17) is 9.47 Å². The molecule has 1 saturated carbocycles. The van der Waals surface area contributed by atoms with Crippen LogP contribution in [0.2, 0.25) is 0 Å². The zero-order valence-electron chi connectivity index (χ0n) is 21.7. The fourth-order valence-corrected chi connectivity index (χ4v) is 5.09. The van der Waals surface area contributed by atoms with E-state index in [2.05, 4.69) is 26.8 Å². The van der Waals surface area contributed by atoms with E-state index in [0.717, 1.165) is 19.3 Å². The molecule has 0 saturated heterocycles. The SMILES string of the molecule is CC(C)[C@@H]1CC[C@@H](C)C[C@H]1OC(=O)C1=C(O)CCN(C(=O)OC(C)(C)C)[C@@H]1c1ccc(C#N)cc1. The van der Waals surface area contributed by atoms with Gasteiger partial charge in [-0.15, -0.1) is 0 Å². The van der Waals surface area contributed by atoms with Crippen molar-refractivity contribution in [2.45, 2.75) is 85.0 Å². The van der Waals surface area contributed by atoms with Crippen LogP contribution in [0.3, 0.4) is 0 Å². The van der Waals surface area contributed by atoms with Gasteiger partial charge < -0.3 is 14.6 Å². The molecule has 4 atom stereocenters. The number of hydrogen-bond donors (Lipinski definition) is 1. The molecule has 190 valence electrons. The number of rotatable bonds is 4. The van der Waals surface area contributed by atoms with Gasteiger partial charge in [0.15, 0.2) is 0 Å². The fraction of sp³-hybridized carbons (Fsp3) is 0.607. The van der Waals surface area contributed by atoms with Crippen molar-refractivity contribution in [1.29, 1.82) is 5.26 Å². The van der Waals surface area contributed by atoms with E-state index in [1.54, 1.807) is 45.0 Å². The second-order valence-corrected chi connectivity index (χ2v) is 11.2. The summed E-state index contributed by atoms with van der Waals surface area (Å²) in [7, 11) is 0. The van der Waals surface area contributed by atoms with E-state index in [0.29, 0.717) is 23.0 Å². The number of amides is 1. The summed E-state index contributed by atoms with van der Waals surface area (Å²) in [5.74, 6) is 0.381. The summed E-state index contributed by atoms with van der Waals surface area (Å²) in [6.45, 7) is 12.0. The molecule has 0 unspecified atom stereocenters. The molecule has 1 heterocycles. The molecular weight excluding hydrogens is 444 g/mol. The Kier molecular flexibility index (Phi) is 8.15. The largest absolute Gasteiger partial charge is 0.512 e. The van der Waals surface area contributed by atoms with E-state index in [-0.39, 0.29) is 36.3 Å². The molecule has 1 aromatic carbocycles. The normalized spacial score (nSPS) is 25.3. The first-order chi connectivity index (χ1) is 16.4. The molecule has 35 heavy (non-hydrogen) atoms. The maximum atomic E-state index is 13.6. The minimum Gasteiger partial charge on any atom is -0.512 e. The number of ether oxygens (including phenoxy) is 2. The molecule has 0 radical (unpaired) electrons. The molecule has 0 spiro atoms. The van der Waals surface area contributed by atoms with Gasteiger partial charge in [-0.05, 0) is 69.1 Å². The van der Waals surface area contributed by atoms with Gasteiger partial charge in [0.2, 0.25) is 0 Å². The molecule has 0 aromatic heterocycles. The van der Waals surface area contributed by atoms with Crippen LogP contribution >= 0.6 is 0 Å². The number of aliphatic hydroxyl groups excluding tert-OH is 1. The minimum absolute atomic E-state index is 0.0625. The predicted octanol–water partition coefficient (Wildman–Crippen LogP) is 6.06. The predicted molar refractivity (Wildman–Crippen MR) is 132 cm³/mol. The Labute approximate surface area is 208 Å². The number of nitriles is 1. The third-order valence-electron chi connectivity index (χ3n) is 6.91. The Bertz CT molecular complexity index is 1000. The van der Waals surface area contributed by atoms with E-state index < -0.39 is 23.7 Å². The minimum atomic E-state index is -0.877. The van der Waals surface area contributed by atoms with Gasteiger partial charge in [-0.1, -0.05) is 39.3 Å². The summed E-state index contributed by atoms with van der Waals surface area (Å²) in [6, 6.07) is 7.87. The maximum absolute atomic E-state index is 13.6. The molecule has 1 aromatic rings. The van der Waals surface area contributed by atoms with Crippen LogP contribution in [0.4, 0.5) is 4.79 Å². The summed E-state index contributed by atoms with van der Waals surface area (Å²) >= 11 is 0. The van der Waals surface area contributed by atoms with Crippen LogP contribution in [0.1, 0.15) is 84.4 Å². The van der Waals surface area contributed by atoms with Crippen LogP contribution in [0.15, 0.2) is 35.6 Å². The highest BCUT2D eigenvalue weighted by atomic mass is 16.6. The van der Waals surface area contributed by atoms with E-state index in [9.17, 15) is 20.0 Å². The van der Waals surface area contributed by atoms with Crippen LogP contribution < -0.4 is 0 Å². The monoisotopic (exact) mass is 482 g/mol. The fourth-order valence-electron chi connectivity index (χ4n) is 5.09. The summed E-state index contributed by atoms with van der Waals surface area (Å²) in [6.07, 6.45) is 2.18. The van der Waals surface area contributed by atoms with E-state index in [1.165, 1.54) is 4.90 Å². The number of carbonyl (C=O) groups excluding carboxylic acids is 2. The molecule has 1 fully saturated rings. The molecule has 1 aliphatic carbocycles. The third kappa shape index (κ3) is 6.36. The van der Waals surface area contributed by atoms with Crippen molar-refractivity contribution >= 4 is 12.1 Å². The second-order valence-electron chi connectivity index (χ2n) is 11.2. The van der Waals surface area contributed by atoms with Crippen molar-refractivity contribution in [2.24, 2.45) is 17.8 Å². The Morgan fingerprint density at radius 1 is 1.17 bits per heavy atom. The van der Waals surface area contributed by atoms with Gasteiger partial charge in [-0.2, -0.15) is 5.26 Å². The lowest BCUT2D eigenvalue weighted by Crippen LogP contribution is -2.45. The maximum Gasteiger partial charge on any atom is 0.411 e. The average Bonchev–Trinajstić information content (AvgIpc) is 2.77. The van der Waals surface area contributed by atoms with Gasteiger partial charge in [0.25, 0.3) is 0 Å². The van der Waals surface area contributed by atoms with E-state index >= 15 is 0 Å². The van der Waals surface area contributed by atoms with Crippen LogP contribution in [-0.2, 0) is 14.3 Å². The Morgan fingerprint density at radius 2 is 1.83 bits per heavy atom. The Balaban J connectivity index is 1.99. The lowest BCUT2D eigenvalue weighted by Gasteiger charge is -2.40. The van der Waals surface area contributed by atoms with Crippen molar-refractivity contribution < 1.29 is 24.2 Å². The van der Waals surface area contributed by atoms with Gasteiger partial charge in [0.1, 0.15) is 23.0 Å². The molecule has 1 amide bonds. The number of benzene rings is 1. The molecular formula is C28H38N2O5. The van der Waals surface area contributed by atoms with Crippen LogP contribution in [-0.4, -0.2) is 40.3 Å². The lowest BCUT2D eigenvalue weighted by molar-refractivity contribution is -0.152. The third-order valence-corrected chi connectivity index (χ3v) is 6.91. The zero-order chi connectivity index (χ0) is 25.9. The van der Waals surface area contributed by atoms with Crippen molar-refractivity contribution in [2.75, 3.05) is 6.54 Å². The number of aliphatic hydroxyl groups is 1. The van der Waals surface area contributed by atoms with Gasteiger partial charge in [0.05, 0.1) is 17.7 Å². The summed E-state index contributed by atoms with van der Waals surface area (Å²) in [5, 5.41) is 20.1. The smallest absolute Gasteiger partial charge is 0.411 e.